The van der Waals surface area contributed by atoms with Crippen LogP contribution in [-0.4, -0.2) is 30.1 Å². The van der Waals surface area contributed by atoms with Gasteiger partial charge in [-0.05, 0) is 18.2 Å². The van der Waals surface area contributed by atoms with Crippen molar-refractivity contribution in [1.82, 2.24) is 5.32 Å². The SMILES string of the molecule is Nc1cc(C(=O)NCC(F)(F)CO)ccc1Cl. The lowest BCUT2D eigenvalue weighted by Crippen LogP contribution is -2.38. The van der Waals surface area contributed by atoms with Crippen molar-refractivity contribution in [3.8, 4) is 0 Å². The Kier molecular flexibility index (Phi) is 4.25. The molecule has 0 fully saturated rings. The molecule has 4 N–H and O–H groups in total. The van der Waals surface area contributed by atoms with Gasteiger partial charge in [0.15, 0.2) is 0 Å². The minimum absolute atomic E-state index is 0.126. The number of hydrogen-bond donors (Lipinski definition) is 3. The van der Waals surface area contributed by atoms with Crippen molar-refractivity contribution >= 4 is 23.2 Å². The Morgan fingerprint density at radius 3 is 2.71 bits per heavy atom. The maximum Gasteiger partial charge on any atom is 0.287 e. The molecular formula is C10H11ClF2N2O2. The van der Waals surface area contributed by atoms with E-state index < -0.39 is 25.0 Å². The van der Waals surface area contributed by atoms with E-state index >= 15 is 0 Å². The van der Waals surface area contributed by atoms with Gasteiger partial charge >= 0.3 is 0 Å². The number of nitrogens with one attached hydrogen (secondary N) is 1. The molecule has 0 spiro atoms. The van der Waals surface area contributed by atoms with E-state index in [-0.39, 0.29) is 16.3 Å². The fourth-order valence-corrected chi connectivity index (χ4v) is 1.17. The third-order valence-corrected chi connectivity index (χ3v) is 2.34. The number of benzene rings is 1. The maximum absolute atomic E-state index is 12.7. The Labute approximate surface area is 101 Å². The van der Waals surface area contributed by atoms with Gasteiger partial charge in [0.1, 0.15) is 6.61 Å². The van der Waals surface area contributed by atoms with E-state index in [0.29, 0.717) is 0 Å². The summed E-state index contributed by atoms with van der Waals surface area (Å²) in [5.74, 6) is -4.05. The van der Waals surface area contributed by atoms with Crippen LogP contribution in [0.4, 0.5) is 14.5 Å². The molecule has 0 heterocycles. The zero-order valence-corrected chi connectivity index (χ0v) is 9.47. The van der Waals surface area contributed by atoms with E-state index in [0.717, 1.165) is 0 Å². The second-order valence-corrected chi connectivity index (χ2v) is 3.84. The average Bonchev–Trinajstić information content (AvgIpc) is 2.30. The molecule has 1 aromatic carbocycles. The highest BCUT2D eigenvalue weighted by molar-refractivity contribution is 6.33. The van der Waals surface area contributed by atoms with Crippen molar-refractivity contribution in [3.05, 3.63) is 28.8 Å². The fraction of sp³-hybridized carbons (Fsp3) is 0.300. The van der Waals surface area contributed by atoms with Crippen molar-refractivity contribution in [2.24, 2.45) is 0 Å². The topological polar surface area (TPSA) is 75.4 Å². The minimum Gasteiger partial charge on any atom is -0.398 e. The van der Waals surface area contributed by atoms with Gasteiger partial charge in [0, 0.05) is 5.56 Å². The van der Waals surface area contributed by atoms with Crippen molar-refractivity contribution in [1.29, 1.82) is 0 Å². The lowest BCUT2D eigenvalue weighted by molar-refractivity contribution is -0.0462. The lowest BCUT2D eigenvalue weighted by Gasteiger charge is -2.14. The summed E-state index contributed by atoms with van der Waals surface area (Å²) in [7, 11) is 0. The molecule has 0 bridgehead atoms. The number of aliphatic hydroxyl groups is 1. The number of alkyl halides is 2. The summed E-state index contributed by atoms with van der Waals surface area (Å²) in [5, 5.41) is 10.6. The van der Waals surface area contributed by atoms with Crippen LogP contribution >= 0.6 is 11.6 Å². The zero-order chi connectivity index (χ0) is 13.1. The number of nitrogens with two attached hydrogens (primary N) is 1. The zero-order valence-electron chi connectivity index (χ0n) is 8.71. The molecule has 1 aromatic rings. The van der Waals surface area contributed by atoms with Gasteiger partial charge < -0.3 is 16.2 Å². The number of aliphatic hydroxyl groups excluding tert-OH is 1. The van der Waals surface area contributed by atoms with Crippen LogP contribution in [0.25, 0.3) is 0 Å². The Morgan fingerprint density at radius 2 is 2.18 bits per heavy atom. The molecule has 1 amide bonds. The summed E-state index contributed by atoms with van der Waals surface area (Å²) in [5.41, 5.74) is 5.78. The largest absolute Gasteiger partial charge is 0.398 e. The van der Waals surface area contributed by atoms with Gasteiger partial charge in [-0.25, -0.2) is 8.78 Å². The number of hydrogen-bond acceptors (Lipinski definition) is 3. The number of amides is 1. The van der Waals surface area contributed by atoms with Gasteiger partial charge in [-0.3, -0.25) is 4.79 Å². The Hall–Kier alpha value is -1.40. The van der Waals surface area contributed by atoms with Crippen molar-refractivity contribution in [3.63, 3.8) is 0 Å². The molecule has 0 unspecified atom stereocenters. The maximum atomic E-state index is 12.7. The molecule has 0 atom stereocenters. The predicted octanol–water partition coefficient (Wildman–Crippen LogP) is 1.28. The van der Waals surface area contributed by atoms with Crippen LogP contribution in [0.3, 0.4) is 0 Å². The minimum atomic E-state index is -3.34. The molecule has 0 aliphatic heterocycles. The number of anilines is 1. The number of rotatable bonds is 4. The lowest BCUT2D eigenvalue weighted by atomic mass is 10.2. The molecular weight excluding hydrogens is 254 g/mol. The normalized spacial score (nSPS) is 11.3. The molecule has 0 radical (unpaired) electrons. The summed E-state index contributed by atoms with van der Waals surface area (Å²) >= 11 is 5.65. The highest BCUT2D eigenvalue weighted by Crippen LogP contribution is 2.19. The van der Waals surface area contributed by atoms with Crippen LogP contribution in [0.15, 0.2) is 18.2 Å². The number of nitrogen functional groups attached to an aromatic ring is 1. The van der Waals surface area contributed by atoms with Crippen molar-refractivity contribution in [2.45, 2.75) is 5.92 Å². The Morgan fingerprint density at radius 1 is 1.53 bits per heavy atom. The molecule has 0 aliphatic carbocycles. The quantitative estimate of drug-likeness (QED) is 0.717. The first-order valence-corrected chi connectivity index (χ1v) is 5.05. The van der Waals surface area contributed by atoms with Gasteiger partial charge in [-0.15, -0.1) is 0 Å². The highest BCUT2D eigenvalue weighted by atomic mass is 35.5. The molecule has 0 saturated heterocycles. The van der Waals surface area contributed by atoms with Gasteiger partial charge in [0.05, 0.1) is 17.3 Å². The van der Waals surface area contributed by atoms with E-state index in [9.17, 15) is 13.6 Å². The number of carbonyl (C=O) groups excluding carboxylic acids is 1. The van der Waals surface area contributed by atoms with Crippen LogP contribution in [0.1, 0.15) is 10.4 Å². The summed E-state index contributed by atoms with van der Waals surface area (Å²) < 4.78 is 25.3. The molecule has 4 nitrogen and oxygen atoms in total. The number of carbonyl (C=O) groups is 1. The number of halogens is 3. The first-order chi connectivity index (χ1) is 7.85. The van der Waals surface area contributed by atoms with Gasteiger partial charge in [0.2, 0.25) is 0 Å². The molecule has 94 valence electrons. The Balaban J connectivity index is 2.68. The van der Waals surface area contributed by atoms with Crippen LogP contribution in [0, 0.1) is 0 Å². The molecule has 0 aliphatic rings. The van der Waals surface area contributed by atoms with Crippen LogP contribution in [-0.2, 0) is 0 Å². The van der Waals surface area contributed by atoms with E-state index in [2.05, 4.69) is 0 Å². The second-order valence-electron chi connectivity index (χ2n) is 3.43. The van der Waals surface area contributed by atoms with Gasteiger partial charge in [-0.1, -0.05) is 11.6 Å². The van der Waals surface area contributed by atoms with E-state index in [1.807, 2.05) is 5.32 Å². The monoisotopic (exact) mass is 264 g/mol. The van der Waals surface area contributed by atoms with Gasteiger partial charge in [0.25, 0.3) is 11.8 Å². The first-order valence-electron chi connectivity index (χ1n) is 4.67. The summed E-state index contributed by atoms with van der Waals surface area (Å²) in [6.07, 6.45) is 0. The van der Waals surface area contributed by atoms with Crippen LogP contribution in [0.2, 0.25) is 5.02 Å². The van der Waals surface area contributed by atoms with Gasteiger partial charge in [-0.2, -0.15) is 0 Å². The second kappa shape index (κ2) is 5.29. The van der Waals surface area contributed by atoms with Crippen LogP contribution < -0.4 is 11.1 Å². The standard InChI is InChI=1S/C10H11ClF2N2O2/c11-7-2-1-6(3-8(7)14)9(17)15-4-10(12,13)5-16/h1-3,16H,4-5,14H2,(H,15,17). The fourth-order valence-electron chi connectivity index (χ4n) is 1.05. The smallest absolute Gasteiger partial charge is 0.287 e. The summed E-state index contributed by atoms with van der Waals surface area (Å²) in [6.45, 7) is -2.26. The van der Waals surface area contributed by atoms with E-state index in [1.54, 1.807) is 0 Å². The Bertz CT molecular complexity index is 427. The molecule has 0 aromatic heterocycles. The summed E-state index contributed by atoms with van der Waals surface area (Å²) in [6, 6.07) is 4.05. The van der Waals surface area contributed by atoms with Crippen LogP contribution in [0.5, 0.6) is 0 Å². The average molecular weight is 265 g/mol. The molecule has 7 heteroatoms. The third kappa shape index (κ3) is 3.83. The summed E-state index contributed by atoms with van der Waals surface area (Å²) in [4.78, 5) is 11.4. The molecule has 0 saturated carbocycles. The van der Waals surface area contributed by atoms with Crippen molar-refractivity contribution < 1.29 is 18.7 Å². The van der Waals surface area contributed by atoms with Crippen molar-refractivity contribution in [2.75, 3.05) is 18.9 Å². The predicted molar refractivity (Wildman–Crippen MR) is 60.2 cm³/mol. The third-order valence-electron chi connectivity index (χ3n) is 2.00. The molecule has 17 heavy (non-hydrogen) atoms. The molecule has 1 rings (SSSR count). The van der Waals surface area contributed by atoms with E-state index in [1.165, 1.54) is 18.2 Å². The highest BCUT2D eigenvalue weighted by Gasteiger charge is 2.28. The first kappa shape index (κ1) is 13.7. The van der Waals surface area contributed by atoms with E-state index in [4.69, 9.17) is 22.4 Å².